The molecule has 0 spiro atoms. The van der Waals surface area contributed by atoms with E-state index in [9.17, 15) is 9.90 Å². The third-order valence-electron chi connectivity index (χ3n) is 2.39. The van der Waals surface area contributed by atoms with Crippen LogP contribution in [-0.2, 0) is 14.3 Å². The molecule has 1 saturated heterocycles. The molecule has 0 aromatic carbocycles. The van der Waals surface area contributed by atoms with Gasteiger partial charge in [-0.15, -0.1) is 0 Å². The van der Waals surface area contributed by atoms with Crippen LogP contribution in [0.15, 0.2) is 11.6 Å². The van der Waals surface area contributed by atoms with Gasteiger partial charge < -0.3 is 14.6 Å². The van der Waals surface area contributed by atoms with Crippen molar-refractivity contribution in [1.29, 1.82) is 0 Å². The van der Waals surface area contributed by atoms with Crippen molar-refractivity contribution in [3.8, 4) is 0 Å². The Labute approximate surface area is 76.1 Å². The number of esters is 1. The van der Waals surface area contributed by atoms with Gasteiger partial charge >= 0.3 is 5.97 Å². The van der Waals surface area contributed by atoms with Crippen molar-refractivity contribution in [3.63, 3.8) is 0 Å². The molecule has 1 heterocycles. The second-order valence-corrected chi connectivity index (χ2v) is 3.49. The summed E-state index contributed by atoms with van der Waals surface area (Å²) in [6, 6.07) is 0. The average molecular weight is 184 g/mol. The zero-order chi connectivity index (χ0) is 9.59. The summed E-state index contributed by atoms with van der Waals surface area (Å²) in [5, 5.41) is 9.51. The van der Waals surface area contributed by atoms with Crippen LogP contribution in [0.25, 0.3) is 0 Å². The van der Waals surface area contributed by atoms with Gasteiger partial charge in [0.25, 0.3) is 0 Å². The van der Waals surface area contributed by atoms with Gasteiger partial charge in [0.15, 0.2) is 0 Å². The molecule has 4 heteroatoms. The highest BCUT2D eigenvalue weighted by molar-refractivity contribution is 5.66. The highest BCUT2D eigenvalue weighted by Crippen LogP contribution is 2.37. The van der Waals surface area contributed by atoms with E-state index < -0.39 is 6.10 Å². The summed E-state index contributed by atoms with van der Waals surface area (Å²) in [5.74, 6) is -0.320. The van der Waals surface area contributed by atoms with Gasteiger partial charge in [0, 0.05) is 6.92 Å². The maximum Gasteiger partial charge on any atom is 0.303 e. The summed E-state index contributed by atoms with van der Waals surface area (Å²) in [6.45, 7) is 3.17. The molecule has 1 N–H and O–H groups in total. The predicted octanol–water partition coefficient (Wildman–Crippen LogP) is 0.00630. The van der Waals surface area contributed by atoms with Crippen LogP contribution in [0.2, 0.25) is 0 Å². The number of hydrogen-bond donors (Lipinski definition) is 1. The van der Waals surface area contributed by atoms with E-state index in [-0.39, 0.29) is 24.3 Å². The zero-order valence-corrected chi connectivity index (χ0v) is 7.56. The van der Waals surface area contributed by atoms with E-state index in [0.29, 0.717) is 0 Å². The van der Waals surface area contributed by atoms with Gasteiger partial charge in [0.1, 0.15) is 24.4 Å². The first-order valence-corrected chi connectivity index (χ1v) is 4.28. The Morgan fingerprint density at radius 3 is 2.92 bits per heavy atom. The topological polar surface area (TPSA) is 59.1 Å². The number of hydrogen-bond acceptors (Lipinski definition) is 4. The molecule has 1 aliphatic heterocycles. The van der Waals surface area contributed by atoms with Crippen molar-refractivity contribution in [2.24, 2.45) is 0 Å². The molecule has 0 amide bonds. The molecule has 0 radical (unpaired) electrons. The summed E-state index contributed by atoms with van der Waals surface area (Å²) in [5.41, 5.74) is 0.810. The third kappa shape index (κ3) is 1.47. The van der Waals surface area contributed by atoms with Crippen molar-refractivity contribution >= 4 is 5.97 Å². The minimum Gasteiger partial charge on any atom is -0.455 e. The molecule has 2 aliphatic rings. The number of carbonyl (C=O) groups is 1. The van der Waals surface area contributed by atoms with E-state index in [1.807, 2.05) is 0 Å². The van der Waals surface area contributed by atoms with Gasteiger partial charge in [-0.05, 0) is 18.6 Å². The van der Waals surface area contributed by atoms with Gasteiger partial charge in [-0.25, -0.2) is 0 Å². The van der Waals surface area contributed by atoms with Gasteiger partial charge in [0.2, 0.25) is 0 Å². The number of rotatable bonds is 1. The van der Waals surface area contributed by atoms with Crippen LogP contribution < -0.4 is 0 Å². The largest absolute Gasteiger partial charge is 0.455 e. The van der Waals surface area contributed by atoms with E-state index in [1.165, 1.54) is 6.92 Å². The Balaban J connectivity index is 2.09. The van der Waals surface area contributed by atoms with Crippen LogP contribution in [0.4, 0.5) is 0 Å². The van der Waals surface area contributed by atoms with E-state index in [1.54, 1.807) is 13.0 Å². The van der Waals surface area contributed by atoms with E-state index in [4.69, 9.17) is 9.47 Å². The van der Waals surface area contributed by atoms with Crippen LogP contribution >= 0.6 is 0 Å². The van der Waals surface area contributed by atoms with E-state index in [2.05, 4.69) is 0 Å². The van der Waals surface area contributed by atoms with Crippen molar-refractivity contribution in [1.82, 2.24) is 0 Å². The fourth-order valence-electron chi connectivity index (χ4n) is 1.66. The summed E-state index contributed by atoms with van der Waals surface area (Å²) < 4.78 is 10.2. The van der Waals surface area contributed by atoms with Gasteiger partial charge in [0.05, 0.1) is 0 Å². The fraction of sp³-hybridized carbons (Fsp3) is 0.667. The highest BCUT2D eigenvalue weighted by Gasteiger charge is 2.53. The summed E-state index contributed by atoms with van der Waals surface area (Å²) >= 11 is 0. The lowest BCUT2D eigenvalue weighted by molar-refractivity contribution is -0.145. The second kappa shape index (κ2) is 2.82. The SMILES string of the molecule is CC(=O)OC1C=C(C)C(O)C2OC12. The second-order valence-electron chi connectivity index (χ2n) is 3.49. The molecular weight excluding hydrogens is 172 g/mol. The van der Waals surface area contributed by atoms with Gasteiger partial charge in [-0.1, -0.05) is 0 Å². The first-order chi connectivity index (χ1) is 6.09. The van der Waals surface area contributed by atoms with Crippen LogP contribution in [0.3, 0.4) is 0 Å². The molecule has 1 aliphatic carbocycles. The molecular formula is C9H12O4. The first kappa shape index (κ1) is 8.72. The number of ether oxygens (including phenoxy) is 2. The fourth-order valence-corrected chi connectivity index (χ4v) is 1.66. The van der Waals surface area contributed by atoms with Crippen molar-refractivity contribution in [2.75, 3.05) is 0 Å². The molecule has 0 saturated carbocycles. The van der Waals surface area contributed by atoms with Crippen molar-refractivity contribution < 1.29 is 19.4 Å². The highest BCUT2D eigenvalue weighted by atomic mass is 16.6. The number of fused-ring (bicyclic) bond motifs is 1. The molecule has 4 atom stereocenters. The van der Waals surface area contributed by atoms with Gasteiger partial charge in [-0.2, -0.15) is 0 Å². The van der Waals surface area contributed by atoms with E-state index in [0.717, 1.165) is 5.57 Å². The van der Waals surface area contributed by atoms with Gasteiger partial charge in [-0.3, -0.25) is 4.79 Å². The molecule has 0 bridgehead atoms. The number of carbonyl (C=O) groups excluding carboxylic acids is 1. The Bertz CT molecular complexity index is 271. The number of epoxide rings is 1. The minimum atomic E-state index is -0.531. The molecule has 4 nitrogen and oxygen atoms in total. The van der Waals surface area contributed by atoms with E-state index >= 15 is 0 Å². The zero-order valence-electron chi connectivity index (χ0n) is 7.56. The maximum absolute atomic E-state index is 10.7. The number of aliphatic hydroxyl groups excluding tert-OH is 1. The Morgan fingerprint density at radius 1 is 1.62 bits per heavy atom. The lowest BCUT2D eigenvalue weighted by Crippen LogP contribution is -2.32. The quantitative estimate of drug-likeness (QED) is 0.354. The van der Waals surface area contributed by atoms with Crippen LogP contribution in [0.5, 0.6) is 0 Å². The third-order valence-corrected chi connectivity index (χ3v) is 2.39. The average Bonchev–Trinajstić information content (AvgIpc) is 2.77. The van der Waals surface area contributed by atoms with Crippen molar-refractivity contribution in [2.45, 2.75) is 38.3 Å². The Morgan fingerprint density at radius 2 is 2.31 bits per heavy atom. The summed E-state index contributed by atoms with van der Waals surface area (Å²) in [6.07, 6.45) is 0.597. The summed E-state index contributed by atoms with van der Waals surface area (Å²) in [4.78, 5) is 10.7. The molecule has 1 fully saturated rings. The van der Waals surface area contributed by atoms with Crippen LogP contribution in [-0.4, -0.2) is 35.5 Å². The molecule has 0 aromatic heterocycles. The first-order valence-electron chi connectivity index (χ1n) is 4.28. The van der Waals surface area contributed by atoms with Crippen LogP contribution in [0, 0.1) is 0 Å². The van der Waals surface area contributed by atoms with Crippen LogP contribution in [0.1, 0.15) is 13.8 Å². The molecule has 4 unspecified atom stereocenters. The molecule has 72 valence electrons. The van der Waals surface area contributed by atoms with Crippen molar-refractivity contribution in [3.05, 3.63) is 11.6 Å². The number of aliphatic hydroxyl groups is 1. The Kier molecular flexibility index (Phi) is 1.89. The molecule has 13 heavy (non-hydrogen) atoms. The lowest BCUT2D eigenvalue weighted by Gasteiger charge is -2.19. The monoisotopic (exact) mass is 184 g/mol. The smallest absolute Gasteiger partial charge is 0.303 e. The minimum absolute atomic E-state index is 0.136. The lowest BCUT2D eigenvalue weighted by atomic mass is 9.96. The Hall–Kier alpha value is -0.870. The summed E-state index contributed by atoms with van der Waals surface area (Å²) in [7, 11) is 0. The predicted molar refractivity (Wildman–Crippen MR) is 44.0 cm³/mol. The molecule has 2 rings (SSSR count). The maximum atomic E-state index is 10.7. The standard InChI is InChI=1S/C9H12O4/c1-4-3-6(12-5(2)10)8-9(13-8)7(4)11/h3,6-9,11H,1-2H3. The molecule has 0 aromatic rings. The normalized spacial score (nSPS) is 41.9.